The molecule has 26 heavy (non-hydrogen) atoms. The molecule has 0 fully saturated rings. The zero-order chi connectivity index (χ0) is 19.3. The summed E-state index contributed by atoms with van der Waals surface area (Å²) in [6.07, 6.45) is 0.491. The van der Waals surface area contributed by atoms with Gasteiger partial charge in [-0.25, -0.2) is 9.78 Å². The second kappa shape index (κ2) is 8.61. The molecule has 1 heterocycles. The fourth-order valence-electron chi connectivity index (χ4n) is 2.17. The topological polar surface area (TPSA) is 81.5 Å². The number of carbonyl (C=O) groups excluding carboxylic acids is 1. The minimum Gasteiger partial charge on any atom is -0.465 e. The van der Waals surface area contributed by atoms with Gasteiger partial charge >= 0.3 is 12.0 Å². The number of aliphatic hydroxyl groups excluding tert-OH is 1. The van der Waals surface area contributed by atoms with E-state index >= 15 is 0 Å². The van der Waals surface area contributed by atoms with Crippen LogP contribution in [0.5, 0.6) is 6.01 Å². The smallest absolute Gasteiger partial charge is 0.339 e. The fraction of sp³-hybridized carbons (Fsp3) is 0.389. The van der Waals surface area contributed by atoms with Crippen molar-refractivity contribution >= 4 is 25.6 Å². The summed E-state index contributed by atoms with van der Waals surface area (Å²) in [7, 11) is 0.0625. The average Bonchev–Trinajstić information content (AvgIpc) is 2.60. The third-order valence-electron chi connectivity index (χ3n) is 3.73. The standard InChI is InChI=1S/C18H23ClN2O4Si/c1-24-17(23)13-11-12(5-6-14(13)19)16(22)15-7-8-20-18(21-15)25-9-10-26(2,3)4/h5-8,11,16,22H,9-10H2,1-4H3. The number of carbonyl (C=O) groups is 1. The van der Waals surface area contributed by atoms with Gasteiger partial charge in [0, 0.05) is 14.3 Å². The van der Waals surface area contributed by atoms with Crippen LogP contribution in [0.2, 0.25) is 30.7 Å². The van der Waals surface area contributed by atoms with Crippen LogP contribution >= 0.6 is 11.6 Å². The van der Waals surface area contributed by atoms with Gasteiger partial charge in [-0.3, -0.25) is 0 Å². The van der Waals surface area contributed by atoms with Crippen LogP contribution in [0.4, 0.5) is 0 Å². The van der Waals surface area contributed by atoms with Gasteiger partial charge in [-0.1, -0.05) is 37.3 Å². The molecule has 1 atom stereocenters. The molecule has 0 aliphatic carbocycles. The first kappa shape index (κ1) is 20.4. The summed E-state index contributed by atoms with van der Waals surface area (Å²) in [6, 6.07) is 7.48. The number of methoxy groups -OCH3 is 1. The van der Waals surface area contributed by atoms with Gasteiger partial charge in [0.2, 0.25) is 0 Å². The number of nitrogens with zero attached hydrogens (tertiary/aromatic N) is 2. The number of ether oxygens (including phenoxy) is 2. The van der Waals surface area contributed by atoms with Crippen LogP contribution in [0.1, 0.15) is 27.7 Å². The minimum absolute atomic E-state index is 0.186. The molecule has 0 amide bonds. The van der Waals surface area contributed by atoms with E-state index in [2.05, 4.69) is 29.6 Å². The van der Waals surface area contributed by atoms with Gasteiger partial charge in [0.05, 0.1) is 30.0 Å². The van der Waals surface area contributed by atoms with E-state index in [-0.39, 0.29) is 16.6 Å². The van der Waals surface area contributed by atoms with Crippen molar-refractivity contribution in [3.8, 4) is 6.01 Å². The van der Waals surface area contributed by atoms with E-state index in [1.54, 1.807) is 18.2 Å². The third kappa shape index (κ3) is 5.52. The molecule has 2 rings (SSSR count). The molecule has 0 radical (unpaired) electrons. The van der Waals surface area contributed by atoms with E-state index in [1.165, 1.54) is 19.4 Å². The molecule has 8 heteroatoms. The predicted molar refractivity (Wildman–Crippen MR) is 103 cm³/mol. The van der Waals surface area contributed by atoms with E-state index in [1.807, 2.05) is 0 Å². The number of hydrogen-bond donors (Lipinski definition) is 1. The molecular weight excluding hydrogens is 372 g/mol. The maximum atomic E-state index is 11.8. The number of esters is 1. The zero-order valence-corrected chi connectivity index (χ0v) is 17.1. The summed E-state index contributed by atoms with van der Waals surface area (Å²) in [5.74, 6) is -0.567. The van der Waals surface area contributed by atoms with Crippen LogP contribution in [0.25, 0.3) is 0 Å². The second-order valence-corrected chi connectivity index (χ2v) is 13.1. The number of benzene rings is 1. The number of rotatable bonds is 7. The Morgan fingerprint density at radius 3 is 2.69 bits per heavy atom. The molecule has 0 aliphatic heterocycles. The summed E-state index contributed by atoms with van der Waals surface area (Å²) in [5, 5.41) is 10.9. The zero-order valence-electron chi connectivity index (χ0n) is 15.3. The normalized spacial score (nSPS) is 12.5. The lowest BCUT2D eigenvalue weighted by Crippen LogP contribution is -2.22. The maximum absolute atomic E-state index is 11.8. The van der Waals surface area contributed by atoms with Crippen LogP contribution in [0.15, 0.2) is 30.5 Å². The van der Waals surface area contributed by atoms with Crippen molar-refractivity contribution in [2.45, 2.75) is 31.8 Å². The van der Waals surface area contributed by atoms with Gasteiger partial charge in [0.25, 0.3) is 0 Å². The second-order valence-electron chi connectivity index (χ2n) is 7.06. The molecule has 0 saturated carbocycles. The molecular formula is C18H23ClN2O4Si. The van der Waals surface area contributed by atoms with Gasteiger partial charge in [0.1, 0.15) is 6.10 Å². The number of aromatic nitrogens is 2. The Hall–Kier alpha value is -1.96. The Morgan fingerprint density at radius 1 is 1.31 bits per heavy atom. The van der Waals surface area contributed by atoms with E-state index in [4.69, 9.17) is 21.1 Å². The summed E-state index contributed by atoms with van der Waals surface area (Å²) in [6.45, 7) is 7.33. The average molecular weight is 395 g/mol. The third-order valence-corrected chi connectivity index (χ3v) is 5.76. The molecule has 2 aromatic rings. The van der Waals surface area contributed by atoms with Crippen LogP contribution in [-0.4, -0.2) is 42.8 Å². The summed E-state index contributed by atoms with van der Waals surface area (Å²) >= 11 is 6.01. The number of hydrogen-bond acceptors (Lipinski definition) is 6. The summed E-state index contributed by atoms with van der Waals surface area (Å²) in [5.41, 5.74) is 1.04. The fourth-order valence-corrected chi connectivity index (χ4v) is 3.08. The Morgan fingerprint density at radius 2 is 2.04 bits per heavy atom. The molecule has 6 nitrogen and oxygen atoms in total. The largest absolute Gasteiger partial charge is 0.465 e. The minimum atomic E-state index is -1.21. The highest BCUT2D eigenvalue weighted by atomic mass is 35.5. The molecule has 1 aromatic carbocycles. The molecule has 0 aliphatic rings. The quantitative estimate of drug-likeness (QED) is 0.569. The van der Waals surface area contributed by atoms with Gasteiger partial charge in [-0.2, -0.15) is 4.98 Å². The van der Waals surface area contributed by atoms with Crippen molar-refractivity contribution in [3.05, 3.63) is 52.3 Å². The Balaban J connectivity index is 2.18. The molecule has 1 N–H and O–H groups in total. The Bertz CT molecular complexity index is 780. The summed E-state index contributed by atoms with van der Waals surface area (Å²) < 4.78 is 10.3. The Labute approximate surface area is 159 Å². The van der Waals surface area contributed by atoms with Gasteiger partial charge in [-0.15, -0.1) is 0 Å². The number of halogens is 1. The molecule has 0 spiro atoms. The maximum Gasteiger partial charge on any atom is 0.339 e. The van der Waals surface area contributed by atoms with Crippen molar-refractivity contribution in [2.24, 2.45) is 0 Å². The molecule has 0 saturated heterocycles. The van der Waals surface area contributed by atoms with Gasteiger partial charge in [-0.05, 0) is 29.8 Å². The van der Waals surface area contributed by atoms with Crippen molar-refractivity contribution in [3.63, 3.8) is 0 Å². The molecule has 0 bridgehead atoms. The lowest BCUT2D eigenvalue weighted by Gasteiger charge is -2.16. The van der Waals surface area contributed by atoms with Crippen LogP contribution < -0.4 is 4.74 Å². The van der Waals surface area contributed by atoms with Crippen LogP contribution in [-0.2, 0) is 4.74 Å². The van der Waals surface area contributed by atoms with Gasteiger partial charge in [0.15, 0.2) is 0 Å². The van der Waals surface area contributed by atoms with Crippen molar-refractivity contribution in [2.75, 3.05) is 13.7 Å². The monoisotopic (exact) mass is 394 g/mol. The van der Waals surface area contributed by atoms with E-state index in [0.717, 1.165) is 6.04 Å². The van der Waals surface area contributed by atoms with Crippen LogP contribution in [0, 0.1) is 0 Å². The van der Waals surface area contributed by atoms with Gasteiger partial charge < -0.3 is 14.6 Å². The molecule has 140 valence electrons. The van der Waals surface area contributed by atoms with Crippen molar-refractivity contribution in [1.29, 1.82) is 0 Å². The van der Waals surface area contributed by atoms with E-state index in [0.29, 0.717) is 17.9 Å². The lowest BCUT2D eigenvalue weighted by molar-refractivity contribution is 0.0600. The predicted octanol–water partition coefficient (Wildman–Crippen LogP) is 3.72. The van der Waals surface area contributed by atoms with E-state index < -0.39 is 20.1 Å². The molecule has 1 unspecified atom stereocenters. The highest BCUT2D eigenvalue weighted by molar-refractivity contribution is 6.76. The number of aliphatic hydroxyl groups is 1. The van der Waals surface area contributed by atoms with Crippen molar-refractivity contribution in [1.82, 2.24) is 9.97 Å². The summed E-state index contributed by atoms with van der Waals surface area (Å²) in [4.78, 5) is 20.1. The molecule has 1 aromatic heterocycles. The lowest BCUT2D eigenvalue weighted by atomic mass is 10.0. The van der Waals surface area contributed by atoms with Crippen LogP contribution in [0.3, 0.4) is 0 Å². The highest BCUT2D eigenvalue weighted by Gasteiger charge is 2.18. The van der Waals surface area contributed by atoms with Crippen molar-refractivity contribution < 1.29 is 19.4 Å². The Kier molecular flexibility index (Phi) is 6.74. The first-order chi connectivity index (χ1) is 12.2. The first-order valence-electron chi connectivity index (χ1n) is 8.23. The SMILES string of the molecule is COC(=O)c1cc(C(O)c2ccnc(OCC[Si](C)(C)C)n2)ccc1Cl. The first-order valence-corrected chi connectivity index (χ1v) is 12.3. The highest BCUT2D eigenvalue weighted by Crippen LogP contribution is 2.26. The van der Waals surface area contributed by atoms with E-state index in [9.17, 15) is 9.90 Å².